The van der Waals surface area contributed by atoms with Crippen LogP contribution in [0.2, 0.25) is 0 Å². The summed E-state index contributed by atoms with van der Waals surface area (Å²) >= 11 is 0. The number of para-hydroxylation sites is 2. The largest absolute Gasteiger partial charge is 0.489 e. The highest BCUT2D eigenvalue weighted by Gasteiger charge is 2.59. The number of nitrogens with zero attached hydrogens (tertiary/aromatic N) is 2. The summed E-state index contributed by atoms with van der Waals surface area (Å²) in [6.07, 6.45) is 5.58. The van der Waals surface area contributed by atoms with E-state index in [-0.39, 0.29) is 5.91 Å². The van der Waals surface area contributed by atoms with E-state index in [1.807, 2.05) is 23.1 Å². The highest BCUT2D eigenvalue weighted by Crippen LogP contribution is 2.59. The molecule has 2 aliphatic carbocycles. The third-order valence-corrected chi connectivity index (χ3v) is 6.54. The molecule has 0 radical (unpaired) electrons. The average molecular weight is 373 g/mol. The lowest BCUT2D eigenvalue weighted by molar-refractivity contribution is -0.152. The molecular weight excluding hydrogens is 342 g/mol. The molecule has 1 aromatic rings. The summed E-state index contributed by atoms with van der Waals surface area (Å²) in [6, 6.07) is 8.08. The predicted octanol–water partition coefficient (Wildman–Crippen LogP) is 2.02. The first kappa shape index (κ1) is 18.6. The molecule has 1 spiro atoms. The fourth-order valence-electron chi connectivity index (χ4n) is 5.01. The summed E-state index contributed by atoms with van der Waals surface area (Å²) in [5.41, 5.74) is 7.35. The van der Waals surface area contributed by atoms with Crippen LogP contribution in [0.3, 0.4) is 0 Å². The average Bonchev–Trinajstić information content (AvgIpc) is 2.64. The third-order valence-electron chi connectivity index (χ3n) is 6.54. The van der Waals surface area contributed by atoms with E-state index in [4.69, 9.17) is 15.2 Å². The number of ether oxygens (including phenoxy) is 2. The van der Waals surface area contributed by atoms with Crippen LogP contribution in [0.4, 0.5) is 5.69 Å². The first-order valence-electron chi connectivity index (χ1n) is 10.1. The molecule has 0 aromatic heterocycles. The molecule has 2 saturated carbocycles. The van der Waals surface area contributed by atoms with Crippen molar-refractivity contribution in [1.82, 2.24) is 4.90 Å². The maximum absolute atomic E-state index is 13.0. The molecule has 0 bridgehead atoms. The van der Waals surface area contributed by atoms with Gasteiger partial charge in [0.15, 0.2) is 0 Å². The second kappa shape index (κ2) is 7.32. The van der Waals surface area contributed by atoms with Crippen molar-refractivity contribution in [2.75, 3.05) is 51.4 Å². The van der Waals surface area contributed by atoms with Crippen molar-refractivity contribution in [3.63, 3.8) is 0 Å². The normalized spacial score (nSPS) is 22.9. The Bertz CT molecular complexity index is 673. The minimum atomic E-state index is -0.607. The lowest BCUT2D eigenvalue weighted by Crippen LogP contribution is -2.69. The van der Waals surface area contributed by atoms with Gasteiger partial charge in [-0.15, -0.1) is 0 Å². The monoisotopic (exact) mass is 373 g/mol. The zero-order valence-electron chi connectivity index (χ0n) is 16.3. The molecule has 0 atom stereocenters. The Morgan fingerprint density at radius 1 is 1.11 bits per heavy atom. The molecular formula is C21H31N3O3. The molecule has 6 heteroatoms. The van der Waals surface area contributed by atoms with Gasteiger partial charge in [0.1, 0.15) is 12.4 Å². The summed E-state index contributed by atoms with van der Waals surface area (Å²) in [6.45, 7) is 4.14. The Kier molecular flexibility index (Phi) is 5.03. The summed E-state index contributed by atoms with van der Waals surface area (Å²) < 4.78 is 10.9. The van der Waals surface area contributed by atoms with Crippen molar-refractivity contribution >= 4 is 11.6 Å². The highest BCUT2D eigenvalue weighted by molar-refractivity contribution is 5.88. The molecule has 3 aliphatic rings. The molecule has 0 unspecified atom stereocenters. The van der Waals surface area contributed by atoms with E-state index < -0.39 is 5.54 Å². The van der Waals surface area contributed by atoms with E-state index >= 15 is 0 Å². The first-order chi connectivity index (χ1) is 13.1. The van der Waals surface area contributed by atoms with Gasteiger partial charge in [-0.2, -0.15) is 0 Å². The van der Waals surface area contributed by atoms with Gasteiger partial charge in [-0.05, 0) is 43.2 Å². The second-order valence-corrected chi connectivity index (χ2v) is 8.45. The topological polar surface area (TPSA) is 68.0 Å². The Balaban J connectivity index is 1.33. The van der Waals surface area contributed by atoms with Crippen molar-refractivity contribution in [3.8, 4) is 5.75 Å². The Morgan fingerprint density at radius 3 is 2.44 bits per heavy atom. The van der Waals surface area contributed by atoms with Crippen LogP contribution in [0.25, 0.3) is 0 Å². The number of carbonyl (C=O) groups excluding carboxylic acids is 1. The minimum absolute atomic E-state index is 0.157. The number of nitrogens with two attached hydrogens (primary N) is 1. The van der Waals surface area contributed by atoms with Crippen LogP contribution in [0.1, 0.15) is 32.1 Å². The van der Waals surface area contributed by atoms with Gasteiger partial charge in [0.25, 0.3) is 0 Å². The van der Waals surface area contributed by atoms with Gasteiger partial charge in [-0.1, -0.05) is 18.6 Å². The van der Waals surface area contributed by atoms with Gasteiger partial charge in [0.2, 0.25) is 5.91 Å². The molecule has 27 heavy (non-hydrogen) atoms. The van der Waals surface area contributed by atoms with E-state index in [0.29, 0.717) is 18.6 Å². The summed E-state index contributed by atoms with van der Waals surface area (Å²) in [5, 5.41) is 0. The number of hydrogen-bond donors (Lipinski definition) is 1. The number of rotatable bonds is 6. The van der Waals surface area contributed by atoms with Crippen molar-refractivity contribution < 1.29 is 14.3 Å². The molecule has 1 saturated heterocycles. The third kappa shape index (κ3) is 3.52. The number of anilines is 1. The van der Waals surface area contributed by atoms with E-state index in [9.17, 15) is 4.79 Å². The predicted molar refractivity (Wildman–Crippen MR) is 105 cm³/mol. The molecule has 1 aromatic carbocycles. The fourth-order valence-corrected chi connectivity index (χ4v) is 5.01. The zero-order valence-corrected chi connectivity index (χ0v) is 16.3. The van der Waals surface area contributed by atoms with E-state index in [2.05, 4.69) is 11.0 Å². The van der Waals surface area contributed by atoms with Gasteiger partial charge >= 0.3 is 0 Å². The number of amides is 1. The van der Waals surface area contributed by atoms with Crippen LogP contribution in [-0.2, 0) is 9.53 Å². The van der Waals surface area contributed by atoms with E-state index in [1.165, 1.54) is 19.3 Å². The van der Waals surface area contributed by atoms with Crippen LogP contribution < -0.4 is 15.4 Å². The lowest BCUT2D eigenvalue weighted by Gasteiger charge is -2.59. The summed E-state index contributed by atoms with van der Waals surface area (Å²) in [4.78, 5) is 17.2. The standard InChI is InChI=1S/C21H31N3O3/c1-26-13-14-27-18-6-3-2-5-17(18)23-9-11-24(12-10-23)19(25)21(22)15-20(16-21)7-4-8-20/h2-3,5-6H,4,7-16,22H2,1H3. The Morgan fingerprint density at radius 2 is 1.81 bits per heavy atom. The minimum Gasteiger partial charge on any atom is -0.489 e. The molecule has 6 nitrogen and oxygen atoms in total. The fraction of sp³-hybridized carbons (Fsp3) is 0.667. The van der Waals surface area contributed by atoms with Crippen LogP contribution in [0, 0.1) is 5.41 Å². The number of piperazine rings is 1. The van der Waals surface area contributed by atoms with Gasteiger partial charge < -0.3 is 25.0 Å². The first-order valence-corrected chi connectivity index (χ1v) is 10.1. The summed E-state index contributed by atoms with van der Waals surface area (Å²) in [7, 11) is 1.67. The Hall–Kier alpha value is -1.79. The maximum Gasteiger partial charge on any atom is 0.242 e. The number of carbonyl (C=O) groups is 1. The van der Waals surface area contributed by atoms with Crippen LogP contribution in [-0.4, -0.2) is 62.8 Å². The van der Waals surface area contributed by atoms with Gasteiger partial charge in [-0.3, -0.25) is 4.79 Å². The van der Waals surface area contributed by atoms with Gasteiger partial charge in [0, 0.05) is 33.3 Å². The zero-order chi connectivity index (χ0) is 18.9. The highest BCUT2D eigenvalue weighted by atomic mass is 16.5. The molecule has 1 aliphatic heterocycles. The molecule has 1 heterocycles. The number of hydrogen-bond acceptors (Lipinski definition) is 5. The summed E-state index contributed by atoms with van der Waals surface area (Å²) in [5.74, 6) is 1.03. The van der Waals surface area contributed by atoms with Crippen molar-refractivity contribution in [3.05, 3.63) is 24.3 Å². The quantitative estimate of drug-likeness (QED) is 0.773. The molecule has 2 N–H and O–H groups in total. The molecule has 1 amide bonds. The van der Waals surface area contributed by atoms with E-state index in [1.54, 1.807) is 7.11 Å². The SMILES string of the molecule is COCCOc1ccccc1N1CCN(C(=O)C2(N)CC3(CCC3)C2)CC1. The van der Waals surface area contributed by atoms with E-state index in [0.717, 1.165) is 50.5 Å². The van der Waals surface area contributed by atoms with Gasteiger partial charge in [0.05, 0.1) is 17.8 Å². The van der Waals surface area contributed by atoms with Crippen molar-refractivity contribution in [1.29, 1.82) is 0 Å². The number of benzene rings is 1. The second-order valence-electron chi connectivity index (χ2n) is 8.45. The van der Waals surface area contributed by atoms with Crippen LogP contribution in [0.5, 0.6) is 5.75 Å². The van der Waals surface area contributed by atoms with Gasteiger partial charge in [-0.25, -0.2) is 0 Å². The molecule has 148 valence electrons. The Labute approximate surface area is 161 Å². The smallest absolute Gasteiger partial charge is 0.242 e. The van der Waals surface area contributed by atoms with Crippen LogP contribution in [0.15, 0.2) is 24.3 Å². The molecule has 4 rings (SSSR count). The maximum atomic E-state index is 13.0. The van der Waals surface area contributed by atoms with Crippen LogP contribution >= 0.6 is 0 Å². The lowest BCUT2D eigenvalue weighted by atomic mass is 9.48. The molecule has 3 fully saturated rings. The van der Waals surface area contributed by atoms with Crippen molar-refractivity contribution in [2.45, 2.75) is 37.6 Å². The van der Waals surface area contributed by atoms with Crippen molar-refractivity contribution in [2.24, 2.45) is 11.1 Å². The number of methoxy groups -OCH3 is 1.